The van der Waals surface area contributed by atoms with Crippen molar-refractivity contribution in [3.63, 3.8) is 0 Å². The van der Waals surface area contributed by atoms with E-state index >= 15 is 0 Å². The van der Waals surface area contributed by atoms with Crippen LogP contribution in [0.1, 0.15) is 21.9 Å². The lowest BCUT2D eigenvalue weighted by Crippen LogP contribution is -2.12. The molecule has 0 aliphatic carbocycles. The molecule has 0 bridgehead atoms. The van der Waals surface area contributed by atoms with Gasteiger partial charge in [-0.05, 0) is 30.7 Å². The Balaban J connectivity index is 1.56. The number of imidazole rings is 1. The highest BCUT2D eigenvalue weighted by atomic mass is 16.5. The Hall–Kier alpha value is -3.94. The summed E-state index contributed by atoms with van der Waals surface area (Å²) in [4.78, 5) is 20.2. The van der Waals surface area contributed by atoms with Gasteiger partial charge in [-0.2, -0.15) is 0 Å². The van der Waals surface area contributed by atoms with E-state index in [-0.39, 0.29) is 5.91 Å². The number of benzene rings is 2. The molecule has 160 valence electrons. The third-order valence-corrected chi connectivity index (χ3v) is 5.17. The zero-order chi connectivity index (χ0) is 22.0. The van der Waals surface area contributed by atoms with Crippen molar-refractivity contribution in [2.45, 2.75) is 13.5 Å². The molecule has 0 spiro atoms. The number of aryl methyl sites for hydroxylation is 1. The van der Waals surface area contributed by atoms with Gasteiger partial charge in [0, 0.05) is 36.1 Å². The maximum Gasteiger partial charge on any atom is 0.272 e. The van der Waals surface area contributed by atoms with Gasteiger partial charge in [-0.15, -0.1) is 0 Å². The van der Waals surface area contributed by atoms with Gasteiger partial charge < -0.3 is 29.1 Å². The molecule has 8 heteroatoms. The molecule has 0 fully saturated rings. The molecule has 2 N–H and O–H groups in total. The summed E-state index contributed by atoms with van der Waals surface area (Å²) in [6, 6.07) is 11.2. The van der Waals surface area contributed by atoms with E-state index in [1.807, 2.05) is 37.4 Å². The third kappa shape index (κ3) is 3.92. The summed E-state index contributed by atoms with van der Waals surface area (Å²) in [6.45, 7) is 2.69. The van der Waals surface area contributed by atoms with Crippen molar-refractivity contribution in [3.8, 4) is 17.2 Å². The second-order valence-electron chi connectivity index (χ2n) is 7.04. The van der Waals surface area contributed by atoms with Crippen molar-refractivity contribution in [3.05, 3.63) is 65.9 Å². The average Bonchev–Trinajstić information content (AvgIpc) is 3.40. The number of fused-ring (bicyclic) bond motifs is 1. The van der Waals surface area contributed by atoms with Crippen LogP contribution in [0.2, 0.25) is 0 Å². The number of nitrogens with one attached hydrogen (secondary N) is 2. The van der Waals surface area contributed by atoms with Crippen molar-refractivity contribution in [1.29, 1.82) is 0 Å². The van der Waals surface area contributed by atoms with Crippen LogP contribution < -0.4 is 19.5 Å². The second kappa shape index (κ2) is 8.43. The first-order valence-corrected chi connectivity index (χ1v) is 9.73. The van der Waals surface area contributed by atoms with Gasteiger partial charge in [0.25, 0.3) is 5.91 Å². The van der Waals surface area contributed by atoms with Crippen LogP contribution >= 0.6 is 0 Å². The van der Waals surface area contributed by atoms with E-state index in [0.717, 1.165) is 23.3 Å². The lowest BCUT2D eigenvalue weighted by Gasteiger charge is -2.11. The topological polar surface area (TPSA) is 90.4 Å². The molecule has 0 aliphatic heterocycles. The Kier molecular flexibility index (Phi) is 5.53. The summed E-state index contributed by atoms with van der Waals surface area (Å²) in [5.41, 5.74) is 2.84. The number of hydrogen-bond donors (Lipinski definition) is 2. The van der Waals surface area contributed by atoms with Gasteiger partial charge in [0.1, 0.15) is 17.3 Å². The lowest BCUT2D eigenvalue weighted by atomic mass is 10.2. The molecule has 0 atom stereocenters. The quantitative estimate of drug-likeness (QED) is 0.472. The Morgan fingerprint density at radius 1 is 1.06 bits per heavy atom. The fourth-order valence-corrected chi connectivity index (χ4v) is 3.52. The number of ether oxygens (including phenoxy) is 3. The molecule has 0 saturated carbocycles. The normalized spacial score (nSPS) is 10.8. The van der Waals surface area contributed by atoms with Gasteiger partial charge >= 0.3 is 0 Å². The van der Waals surface area contributed by atoms with E-state index in [0.29, 0.717) is 34.1 Å². The number of H-pyrrole nitrogens is 1. The minimum absolute atomic E-state index is 0.266. The number of rotatable bonds is 7. The second-order valence-corrected chi connectivity index (χ2v) is 7.04. The lowest BCUT2D eigenvalue weighted by molar-refractivity contribution is 0.102. The molecular weight excluding hydrogens is 396 g/mol. The number of amides is 1. The Morgan fingerprint density at radius 3 is 2.42 bits per heavy atom. The smallest absolute Gasteiger partial charge is 0.272 e. The van der Waals surface area contributed by atoms with Crippen LogP contribution in [0, 0.1) is 6.92 Å². The summed E-state index contributed by atoms with van der Waals surface area (Å²) in [5, 5.41) is 3.65. The monoisotopic (exact) mass is 420 g/mol. The standard InChI is InChI=1S/C23H24N4O4/c1-14-24-9-10-27(14)13-15-5-7-16(8-6-15)25-23(28)18-11-17-19(29-2)12-20(30-3)22(31-4)21(17)26-18/h5-12,26H,13H2,1-4H3,(H,25,28). The van der Waals surface area contributed by atoms with E-state index in [1.54, 1.807) is 39.7 Å². The summed E-state index contributed by atoms with van der Waals surface area (Å²) >= 11 is 0. The molecule has 0 radical (unpaired) electrons. The predicted octanol–water partition coefficient (Wildman–Crippen LogP) is 4.00. The van der Waals surface area contributed by atoms with Crippen molar-refractivity contribution in [2.75, 3.05) is 26.6 Å². The molecule has 4 rings (SSSR count). The fourth-order valence-electron chi connectivity index (χ4n) is 3.52. The van der Waals surface area contributed by atoms with E-state index in [9.17, 15) is 4.79 Å². The molecule has 2 aromatic heterocycles. The van der Waals surface area contributed by atoms with Crippen molar-refractivity contribution in [2.24, 2.45) is 0 Å². The first kappa shape index (κ1) is 20.3. The van der Waals surface area contributed by atoms with Gasteiger partial charge in [-0.1, -0.05) is 12.1 Å². The number of hydrogen-bond acceptors (Lipinski definition) is 5. The zero-order valence-corrected chi connectivity index (χ0v) is 17.9. The number of methoxy groups -OCH3 is 3. The molecule has 1 amide bonds. The molecule has 0 aliphatic rings. The van der Waals surface area contributed by atoms with E-state index in [4.69, 9.17) is 14.2 Å². The minimum Gasteiger partial charge on any atom is -0.496 e. The van der Waals surface area contributed by atoms with Crippen molar-refractivity contribution >= 4 is 22.5 Å². The molecule has 31 heavy (non-hydrogen) atoms. The summed E-state index contributed by atoms with van der Waals surface area (Å²) in [5.74, 6) is 2.30. The minimum atomic E-state index is -0.266. The average molecular weight is 420 g/mol. The SMILES string of the molecule is COc1cc(OC)c2cc(C(=O)Nc3ccc(Cn4ccnc4C)cc3)[nH]c2c1OC. The van der Waals surface area contributed by atoms with Crippen LogP contribution in [0.3, 0.4) is 0 Å². The Bertz CT molecular complexity index is 1220. The first-order chi connectivity index (χ1) is 15.0. The first-order valence-electron chi connectivity index (χ1n) is 9.73. The zero-order valence-electron chi connectivity index (χ0n) is 17.9. The summed E-state index contributed by atoms with van der Waals surface area (Å²) in [6.07, 6.45) is 3.72. The fraction of sp³-hybridized carbons (Fsp3) is 0.217. The van der Waals surface area contributed by atoms with E-state index < -0.39 is 0 Å². The number of aromatic amines is 1. The van der Waals surface area contributed by atoms with Gasteiger partial charge in [0.05, 0.1) is 26.8 Å². The largest absolute Gasteiger partial charge is 0.496 e. The van der Waals surface area contributed by atoms with E-state index in [2.05, 4.69) is 19.9 Å². The number of carbonyl (C=O) groups is 1. The number of nitrogens with zero attached hydrogens (tertiary/aromatic N) is 2. The van der Waals surface area contributed by atoms with Crippen LogP contribution in [0.15, 0.2) is 48.8 Å². The van der Waals surface area contributed by atoms with Gasteiger partial charge in [0.15, 0.2) is 11.5 Å². The van der Waals surface area contributed by atoms with Crippen LogP contribution in [0.5, 0.6) is 17.2 Å². The number of carbonyl (C=O) groups excluding carboxylic acids is 1. The van der Waals surface area contributed by atoms with Crippen LogP contribution in [0.4, 0.5) is 5.69 Å². The van der Waals surface area contributed by atoms with Crippen LogP contribution in [-0.4, -0.2) is 41.8 Å². The number of anilines is 1. The number of aromatic nitrogens is 3. The molecule has 8 nitrogen and oxygen atoms in total. The molecule has 2 aromatic carbocycles. The Morgan fingerprint density at radius 2 is 1.81 bits per heavy atom. The van der Waals surface area contributed by atoms with Gasteiger partial charge in [-0.3, -0.25) is 4.79 Å². The summed E-state index contributed by atoms with van der Waals surface area (Å²) < 4.78 is 18.4. The predicted molar refractivity (Wildman–Crippen MR) is 118 cm³/mol. The highest BCUT2D eigenvalue weighted by Gasteiger charge is 2.19. The summed E-state index contributed by atoms with van der Waals surface area (Å²) in [7, 11) is 4.68. The molecule has 4 aromatic rings. The van der Waals surface area contributed by atoms with Gasteiger partial charge in [-0.25, -0.2) is 4.98 Å². The molecule has 2 heterocycles. The third-order valence-electron chi connectivity index (χ3n) is 5.17. The maximum atomic E-state index is 12.9. The Labute approximate surface area is 179 Å². The van der Waals surface area contributed by atoms with Crippen LogP contribution in [0.25, 0.3) is 10.9 Å². The molecule has 0 unspecified atom stereocenters. The van der Waals surface area contributed by atoms with Crippen LogP contribution in [-0.2, 0) is 6.54 Å². The molecular formula is C23H24N4O4. The molecule has 0 saturated heterocycles. The highest BCUT2D eigenvalue weighted by Crippen LogP contribution is 2.41. The highest BCUT2D eigenvalue weighted by molar-refractivity contribution is 6.07. The van der Waals surface area contributed by atoms with E-state index in [1.165, 1.54) is 0 Å². The van der Waals surface area contributed by atoms with Gasteiger partial charge in [0.2, 0.25) is 0 Å². The van der Waals surface area contributed by atoms with Crippen molar-refractivity contribution in [1.82, 2.24) is 14.5 Å². The maximum absolute atomic E-state index is 12.9. The van der Waals surface area contributed by atoms with Crippen molar-refractivity contribution < 1.29 is 19.0 Å².